The number of nitrogens with zero attached hydrogens (tertiary/aromatic N) is 3. The van der Waals surface area contributed by atoms with Gasteiger partial charge in [0.05, 0.1) is 5.69 Å². The van der Waals surface area contributed by atoms with Crippen LogP contribution in [0.1, 0.15) is 24.0 Å². The molecule has 0 bridgehead atoms. The molecule has 1 aromatic heterocycles. The highest BCUT2D eigenvalue weighted by atomic mass is 19.1. The van der Waals surface area contributed by atoms with Gasteiger partial charge in [-0.05, 0) is 54.3 Å². The molecule has 4 rings (SSSR count). The van der Waals surface area contributed by atoms with Gasteiger partial charge in [-0.25, -0.2) is 13.9 Å². The maximum absolute atomic E-state index is 13.1. The van der Waals surface area contributed by atoms with Crippen molar-refractivity contribution in [3.8, 4) is 5.69 Å². The number of carbonyl (C=O) groups excluding carboxylic acids is 1. The van der Waals surface area contributed by atoms with Crippen molar-refractivity contribution in [1.82, 2.24) is 20.0 Å². The minimum Gasteiger partial charge on any atom is -0.334 e. The quantitative estimate of drug-likeness (QED) is 0.721. The molecule has 0 radical (unpaired) electrons. The van der Waals surface area contributed by atoms with Crippen molar-refractivity contribution < 1.29 is 9.18 Å². The van der Waals surface area contributed by atoms with Crippen molar-refractivity contribution in [2.75, 3.05) is 0 Å². The molecule has 1 aliphatic carbocycles. The summed E-state index contributed by atoms with van der Waals surface area (Å²) in [5, 5.41) is 7.20. The van der Waals surface area contributed by atoms with E-state index in [2.05, 4.69) is 10.4 Å². The molecule has 1 fully saturated rings. The zero-order valence-electron chi connectivity index (χ0n) is 14.9. The van der Waals surface area contributed by atoms with Crippen molar-refractivity contribution in [1.29, 1.82) is 0 Å². The summed E-state index contributed by atoms with van der Waals surface area (Å²) in [6.45, 7) is 0.958. The normalized spacial score (nSPS) is 13.4. The summed E-state index contributed by atoms with van der Waals surface area (Å²) < 4.78 is 14.9. The first-order valence-corrected chi connectivity index (χ1v) is 9.07. The predicted octanol–water partition coefficient (Wildman–Crippen LogP) is 3.89. The summed E-state index contributed by atoms with van der Waals surface area (Å²) >= 11 is 0. The van der Waals surface area contributed by atoms with Gasteiger partial charge in [-0.15, -0.1) is 0 Å². The lowest BCUT2D eigenvalue weighted by molar-refractivity contribution is 0.191. The number of hydrogen-bond donors (Lipinski definition) is 1. The van der Waals surface area contributed by atoms with Crippen LogP contribution in [0.3, 0.4) is 0 Å². The lowest BCUT2D eigenvalue weighted by Crippen LogP contribution is -2.40. The van der Waals surface area contributed by atoms with Gasteiger partial charge in [0.15, 0.2) is 0 Å². The van der Waals surface area contributed by atoms with Gasteiger partial charge in [0, 0.05) is 31.5 Å². The Bertz CT molecular complexity index is 887. The van der Waals surface area contributed by atoms with E-state index >= 15 is 0 Å². The number of halogens is 1. The Morgan fingerprint density at radius 3 is 2.44 bits per heavy atom. The molecule has 2 aromatic carbocycles. The van der Waals surface area contributed by atoms with Crippen LogP contribution in [-0.2, 0) is 13.1 Å². The van der Waals surface area contributed by atoms with Gasteiger partial charge in [-0.2, -0.15) is 5.10 Å². The van der Waals surface area contributed by atoms with Gasteiger partial charge in [0.25, 0.3) is 0 Å². The highest BCUT2D eigenvalue weighted by molar-refractivity contribution is 5.75. The molecule has 1 heterocycles. The minimum atomic E-state index is -0.264. The second-order valence-corrected chi connectivity index (χ2v) is 6.76. The maximum Gasteiger partial charge on any atom is 0.318 e. The summed E-state index contributed by atoms with van der Waals surface area (Å²) in [5.74, 6) is -0.264. The number of urea groups is 1. The number of aromatic nitrogens is 2. The average Bonchev–Trinajstić information content (AvgIpc) is 3.39. The Morgan fingerprint density at radius 1 is 1.11 bits per heavy atom. The largest absolute Gasteiger partial charge is 0.334 e. The molecule has 0 unspecified atom stereocenters. The van der Waals surface area contributed by atoms with Crippen LogP contribution in [0.5, 0.6) is 0 Å². The number of benzene rings is 2. The fraction of sp³-hybridized carbons (Fsp3) is 0.238. The van der Waals surface area contributed by atoms with Crippen molar-refractivity contribution in [3.63, 3.8) is 0 Å². The Labute approximate surface area is 157 Å². The van der Waals surface area contributed by atoms with Crippen LogP contribution in [-0.4, -0.2) is 26.8 Å². The van der Waals surface area contributed by atoms with Crippen LogP contribution in [0, 0.1) is 5.82 Å². The Hall–Kier alpha value is -3.15. The second-order valence-electron chi connectivity index (χ2n) is 6.76. The Kier molecular flexibility index (Phi) is 4.87. The molecule has 138 valence electrons. The minimum absolute atomic E-state index is 0.0852. The van der Waals surface area contributed by atoms with E-state index in [9.17, 15) is 9.18 Å². The van der Waals surface area contributed by atoms with E-state index in [1.165, 1.54) is 12.1 Å². The molecule has 0 atom stereocenters. The molecule has 5 nitrogen and oxygen atoms in total. The second kappa shape index (κ2) is 7.61. The SMILES string of the molecule is O=C(NCc1ccc(-n2cccn2)cc1)N(Cc1ccc(F)cc1)C1CC1. The number of nitrogens with one attached hydrogen (secondary N) is 1. The average molecular weight is 364 g/mol. The van der Waals surface area contributed by atoms with Crippen LogP contribution in [0.15, 0.2) is 67.0 Å². The van der Waals surface area contributed by atoms with Gasteiger partial charge in [0.1, 0.15) is 5.82 Å². The van der Waals surface area contributed by atoms with E-state index in [1.807, 2.05) is 41.4 Å². The smallest absolute Gasteiger partial charge is 0.318 e. The van der Waals surface area contributed by atoms with Gasteiger partial charge in [0.2, 0.25) is 0 Å². The lowest BCUT2D eigenvalue weighted by Gasteiger charge is -2.23. The topological polar surface area (TPSA) is 50.2 Å². The van der Waals surface area contributed by atoms with Crippen molar-refractivity contribution >= 4 is 6.03 Å². The Balaban J connectivity index is 1.36. The molecule has 27 heavy (non-hydrogen) atoms. The van der Waals surface area contributed by atoms with Gasteiger partial charge in [-0.3, -0.25) is 0 Å². The van der Waals surface area contributed by atoms with E-state index in [0.29, 0.717) is 13.1 Å². The predicted molar refractivity (Wildman–Crippen MR) is 101 cm³/mol. The van der Waals surface area contributed by atoms with Crippen LogP contribution in [0.4, 0.5) is 9.18 Å². The lowest BCUT2D eigenvalue weighted by atomic mass is 10.2. The molecule has 6 heteroatoms. The molecule has 0 spiro atoms. The molecule has 0 saturated heterocycles. The molecular formula is C21H21FN4O. The van der Waals surface area contributed by atoms with Crippen molar-refractivity contribution in [2.45, 2.75) is 32.0 Å². The first kappa shape index (κ1) is 17.3. The van der Waals surface area contributed by atoms with Crippen LogP contribution in [0.25, 0.3) is 5.69 Å². The third-order valence-electron chi connectivity index (χ3n) is 4.66. The summed E-state index contributed by atoms with van der Waals surface area (Å²) in [6, 6.07) is 16.3. The molecule has 1 aliphatic rings. The van der Waals surface area contributed by atoms with E-state index in [1.54, 1.807) is 23.0 Å². The van der Waals surface area contributed by atoms with Gasteiger partial charge >= 0.3 is 6.03 Å². The number of hydrogen-bond acceptors (Lipinski definition) is 2. The molecule has 3 aromatic rings. The molecular weight excluding hydrogens is 343 g/mol. The highest BCUT2D eigenvalue weighted by Crippen LogP contribution is 2.28. The first-order valence-electron chi connectivity index (χ1n) is 9.07. The zero-order valence-corrected chi connectivity index (χ0v) is 14.9. The van der Waals surface area contributed by atoms with E-state index in [0.717, 1.165) is 29.7 Å². The van der Waals surface area contributed by atoms with Crippen molar-refractivity contribution in [3.05, 3.63) is 83.9 Å². The number of carbonyl (C=O) groups is 1. The summed E-state index contributed by atoms with van der Waals surface area (Å²) in [6.07, 6.45) is 5.67. The van der Waals surface area contributed by atoms with Crippen molar-refractivity contribution in [2.24, 2.45) is 0 Å². The summed E-state index contributed by atoms with van der Waals surface area (Å²) in [4.78, 5) is 14.5. The number of rotatable bonds is 6. The summed E-state index contributed by atoms with van der Waals surface area (Å²) in [7, 11) is 0. The summed E-state index contributed by atoms with van der Waals surface area (Å²) in [5.41, 5.74) is 2.94. The fourth-order valence-electron chi connectivity index (χ4n) is 3.01. The third-order valence-corrected chi connectivity index (χ3v) is 4.66. The molecule has 2 amide bonds. The molecule has 0 aliphatic heterocycles. The number of amides is 2. The van der Waals surface area contributed by atoms with E-state index < -0.39 is 0 Å². The maximum atomic E-state index is 13.1. The van der Waals surface area contributed by atoms with E-state index in [4.69, 9.17) is 0 Å². The zero-order chi connectivity index (χ0) is 18.6. The monoisotopic (exact) mass is 364 g/mol. The first-order chi connectivity index (χ1) is 13.2. The Morgan fingerprint density at radius 2 is 1.81 bits per heavy atom. The van der Waals surface area contributed by atoms with E-state index in [-0.39, 0.29) is 17.9 Å². The third kappa shape index (κ3) is 4.34. The fourth-order valence-corrected chi connectivity index (χ4v) is 3.01. The van der Waals surface area contributed by atoms with Crippen LogP contribution < -0.4 is 5.32 Å². The molecule has 1 N–H and O–H groups in total. The van der Waals surface area contributed by atoms with Crippen LogP contribution >= 0.6 is 0 Å². The van der Waals surface area contributed by atoms with Gasteiger partial charge < -0.3 is 10.2 Å². The highest BCUT2D eigenvalue weighted by Gasteiger charge is 2.32. The van der Waals surface area contributed by atoms with Gasteiger partial charge in [-0.1, -0.05) is 24.3 Å². The standard InChI is InChI=1S/C21H21FN4O/c22-18-6-2-17(3-7-18)15-25(19-10-11-19)21(27)23-14-16-4-8-20(9-5-16)26-13-1-12-24-26/h1-9,12-13,19H,10-11,14-15H2,(H,23,27). The molecule has 1 saturated carbocycles. The van der Waals surface area contributed by atoms with Crippen LogP contribution in [0.2, 0.25) is 0 Å².